The van der Waals surface area contributed by atoms with Gasteiger partial charge < -0.3 is 20.0 Å². The van der Waals surface area contributed by atoms with Gasteiger partial charge in [-0.25, -0.2) is 0 Å². The Morgan fingerprint density at radius 2 is 1.64 bits per heavy atom. The van der Waals surface area contributed by atoms with E-state index in [-0.39, 0.29) is 18.8 Å². The predicted octanol–water partition coefficient (Wildman–Crippen LogP) is -0.388. The highest BCUT2D eigenvalue weighted by Gasteiger charge is 2.20. The van der Waals surface area contributed by atoms with E-state index in [2.05, 4.69) is 4.90 Å². The van der Waals surface area contributed by atoms with Crippen LogP contribution in [0.3, 0.4) is 0 Å². The second-order valence-electron chi connectivity index (χ2n) is 4.20. The second kappa shape index (κ2) is 7.17. The van der Waals surface area contributed by atoms with Crippen molar-refractivity contribution in [1.82, 2.24) is 9.80 Å². The highest BCUT2D eigenvalue weighted by molar-refractivity contribution is 4.75. The fraction of sp³-hybridized carbons (Fsp3) is 1.00. The van der Waals surface area contributed by atoms with Crippen LogP contribution in [0.5, 0.6) is 0 Å². The van der Waals surface area contributed by atoms with Gasteiger partial charge in [0.25, 0.3) is 0 Å². The molecule has 0 aromatic carbocycles. The molecule has 2 N–H and O–H groups in total. The molecule has 0 aliphatic carbocycles. The molecule has 0 spiro atoms. The third kappa shape index (κ3) is 5.54. The van der Waals surface area contributed by atoms with Crippen LogP contribution in [0.4, 0.5) is 0 Å². The summed E-state index contributed by atoms with van der Waals surface area (Å²) >= 11 is 0. The average molecular weight is 204 g/mol. The van der Waals surface area contributed by atoms with Crippen molar-refractivity contribution in [2.24, 2.45) is 0 Å². The highest BCUT2D eigenvalue weighted by Crippen LogP contribution is 2.08. The molecule has 14 heavy (non-hydrogen) atoms. The second-order valence-corrected chi connectivity index (χ2v) is 4.20. The van der Waals surface area contributed by atoms with Crippen LogP contribution in [-0.4, -0.2) is 73.5 Å². The van der Waals surface area contributed by atoms with Crippen molar-refractivity contribution in [3.05, 3.63) is 0 Å². The fourth-order valence-electron chi connectivity index (χ4n) is 1.51. The summed E-state index contributed by atoms with van der Waals surface area (Å²) < 4.78 is 0. The van der Waals surface area contributed by atoms with Gasteiger partial charge in [0.1, 0.15) is 0 Å². The van der Waals surface area contributed by atoms with Crippen molar-refractivity contribution >= 4 is 0 Å². The van der Waals surface area contributed by atoms with Crippen LogP contribution in [0, 0.1) is 0 Å². The lowest BCUT2D eigenvalue weighted by molar-refractivity contribution is 0.0492. The average Bonchev–Trinajstić information content (AvgIpc) is 2.09. The summed E-state index contributed by atoms with van der Waals surface area (Å²) in [7, 11) is 7.84. The lowest BCUT2D eigenvalue weighted by atomic mass is 10.0. The summed E-state index contributed by atoms with van der Waals surface area (Å²) in [6.45, 7) is 0.999. The third-order valence-corrected chi connectivity index (χ3v) is 2.40. The molecule has 4 heteroatoms. The summed E-state index contributed by atoms with van der Waals surface area (Å²) in [6, 6.07) is 0.0555. The normalized spacial score (nSPS) is 16.3. The molecule has 0 fully saturated rings. The van der Waals surface area contributed by atoms with Gasteiger partial charge in [0.05, 0.1) is 6.10 Å². The standard InChI is InChI=1S/C10H24N2O2/c1-11(2)7-5-10(14)9(6-8-13)12(3)4/h9-10,13-14H,5-8H2,1-4H3/t9-,10+/m1/s1. The van der Waals surface area contributed by atoms with Crippen LogP contribution in [0.2, 0.25) is 0 Å². The molecule has 0 unspecified atom stereocenters. The van der Waals surface area contributed by atoms with E-state index in [0.29, 0.717) is 6.42 Å². The van der Waals surface area contributed by atoms with Crippen molar-refractivity contribution in [1.29, 1.82) is 0 Å². The molecule has 0 aliphatic rings. The van der Waals surface area contributed by atoms with E-state index in [1.165, 1.54) is 0 Å². The van der Waals surface area contributed by atoms with E-state index in [1.807, 2.05) is 33.1 Å². The smallest absolute Gasteiger partial charge is 0.0708 e. The largest absolute Gasteiger partial charge is 0.396 e. The zero-order valence-electron chi connectivity index (χ0n) is 9.77. The number of likely N-dealkylation sites (N-methyl/N-ethyl adjacent to an activating group) is 1. The number of nitrogens with zero attached hydrogens (tertiary/aromatic N) is 2. The number of rotatable bonds is 7. The number of hydrogen-bond acceptors (Lipinski definition) is 4. The van der Waals surface area contributed by atoms with Crippen molar-refractivity contribution in [2.75, 3.05) is 41.3 Å². The van der Waals surface area contributed by atoms with E-state index in [1.54, 1.807) is 0 Å². The van der Waals surface area contributed by atoms with Gasteiger partial charge in [-0.3, -0.25) is 0 Å². The minimum atomic E-state index is -0.362. The number of hydrogen-bond donors (Lipinski definition) is 2. The first-order chi connectivity index (χ1) is 6.49. The Morgan fingerprint density at radius 1 is 1.07 bits per heavy atom. The van der Waals surface area contributed by atoms with Gasteiger partial charge in [0.15, 0.2) is 0 Å². The summed E-state index contributed by atoms with van der Waals surface area (Å²) in [5.41, 5.74) is 0. The van der Waals surface area contributed by atoms with E-state index in [0.717, 1.165) is 13.0 Å². The lowest BCUT2D eigenvalue weighted by Gasteiger charge is -2.29. The molecule has 0 amide bonds. The molecule has 0 aromatic rings. The molecular weight excluding hydrogens is 180 g/mol. The van der Waals surface area contributed by atoms with Crippen LogP contribution in [0.15, 0.2) is 0 Å². The van der Waals surface area contributed by atoms with Crippen molar-refractivity contribution in [3.8, 4) is 0 Å². The summed E-state index contributed by atoms with van der Waals surface area (Å²) in [5.74, 6) is 0. The van der Waals surface area contributed by atoms with Crippen LogP contribution in [0.25, 0.3) is 0 Å². The maximum Gasteiger partial charge on any atom is 0.0708 e. The third-order valence-electron chi connectivity index (χ3n) is 2.40. The van der Waals surface area contributed by atoms with Crippen LogP contribution >= 0.6 is 0 Å². The van der Waals surface area contributed by atoms with Gasteiger partial charge in [-0.2, -0.15) is 0 Å². The molecule has 0 saturated heterocycles. The van der Waals surface area contributed by atoms with E-state index in [4.69, 9.17) is 5.11 Å². The lowest BCUT2D eigenvalue weighted by Crippen LogP contribution is -2.41. The summed E-state index contributed by atoms with van der Waals surface area (Å²) in [6.07, 6.45) is 1.01. The molecule has 0 aromatic heterocycles. The Morgan fingerprint density at radius 3 is 2.00 bits per heavy atom. The molecule has 0 radical (unpaired) electrons. The Labute approximate surface area is 87.1 Å². The number of aliphatic hydroxyl groups is 2. The molecule has 0 bridgehead atoms. The first-order valence-corrected chi connectivity index (χ1v) is 5.09. The quantitative estimate of drug-likeness (QED) is 0.593. The fourth-order valence-corrected chi connectivity index (χ4v) is 1.51. The molecule has 0 heterocycles. The van der Waals surface area contributed by atoms with Gasteiger partial charge in [0.2, 0.25) is 0 Å². The monoisotopic (exact) mass is 204 g/mol. The van der Waals surface area contributed by atoms with E-state index >= 15 is 0 Å². The number of aliphatic hydroxyl groups excluding tert-OH is 2. The van der Waals surface area contributed by atoms with Gasteiger partial charge >= 0.3 is 0 Å². The zero-order chi connectivity index (χ0) is 11.1. The van der Waals surface area contributed by atoms with Gasteiger partial charge in [-0.1, -0.05) is 0 Å². The van der Waals surface area contributed by atoms with Crippen LogP contribution < -0.4 is 0 Å². The SMILES string of the molecule is CN(C)CC[C@H](O)[C@@H](CCO)N(C)C. The van der Waals surface area contributed by atoms with Crippen LogP contribution in [-0.2, 0) is 0 Å². The van der Waals surface area contributed by atoms with Crippen molar-refractivity contribution in [3.63, 3.8) is 0 Å². The molecule has 0 aliphatic heterocycles. The van der Waals surface area contributed by atoms with Crippen molar-refractivity contribution in [2.45, 2.75) is 25.0 Å². The highest BCUT2D eigenvalue weighted by atomic mass is 16.3. The van der Waals surface area contributed by atoms with Crippen LogP contribution in [0.1, 0.15) is 12.8 Å². The Kier molecular flexibility index (Phi) is 7.09. The maximum atomic E-state index is 9.88. The first-order valence-electron chi connectivity index (χ1n) is 5.09. The predicted molar refractivity (Wildman–Crippen MR) is 58.4 cm³/mol. The molecule has 4 nitrogen and oxygen atoms in total. The van der Waals surface area contributed by atoms with Gasteiger partial charge in [0, 0.05) is 19.2 Å². The molecular formula is C10H24N2O2. The van der Waals surface area contributed by atoms with E-state index < -0.39 is 0 Å². The topological polar surface area (TPSA) is 46.9 Å². The summed E-state index contributed by atoms with van der Waals surface area (Å²) in [4.78, 5) is 4.02. The maximum absolute atomic E-state index is 9.88. The van der Waals surface area contributed by atoms with Crippen molar-refractivity contribution < 1.29 is 10.2 Å². The minimum Gasteiger partial charge on any atom is -0.396 e. The van der Waals surface area contributed by atoms with E-state index in [9.17, 15) is 5.11 Å². The Hall–Kier alpha value is -0.160. The zero-order valence-corrected chi connectivity index (χ0v) is 9.77. The Bertz CT molecular complexity index is 140. The summed E-state index contributed by atoms with van der Waals surface area (Å²) in [5, 5.41) is 18.7. The molecule has 2 atom stereocenters. The molecule has 0 saturated carbocycles. The first kappa shape index (κ1) is 13.8. The van der Waals surface area contributed by atoms with Gasteiger partial charge in [-0.15, -0.1) is 0 Å². The minimum absolute atomic E-state index is 0.0555. The Balaban J connectivity index is 3.94. The molecule has 86 valence electrons. The molecule has 0 rings (SSSR count). The van der Waals surface area contributed by atoms with Gasteiger partial charge in [-0.05, 0) is 41.0 Å².